The lowest BCUT2D eigenvalue weighted by Gasteiger charge is -2.04. The zero-order valence-electron chi connectivity index (χ0n) is 10.4. The number of fused-ring (bicyclic) bond motifs is 1. The summed E-state index contributed by atoms with van der Waals surface area (Å²) in [5.74, 6) is -0.174. The summed E-state index contributed by atoms with van der Waals surface area (Å²) in [7, 11) is 0. The molecule has 1 N–H and O–H groups in total. The molecule has 0 fully saturated rings. The van der Waals surface area contributed by atoms with E-state index in [0.29, 0.717) is 16.8 Å². The van der Waals surface area contributed by atoms with E-state index in [-0.39, 0.29) is 5.91 Å². The van der Waals surface area contributed by atoms with Gasteiger partial charge in [-0.25, -0.2) is 0 Å². The Balaban J connectivity index is 2.00. The number of anilines is 1. The minimum absolute atomic E-state index is 0.174. The maximum absolute atomic E-state index is 12.3. The number of nitrogens with zero attached hydrogens (tertiary/aromatic N) is 3. The van der Waals surface area contributed by atoms with Crippen molar-refractivity contribution in [2.75, 3.05) is 5.32 Å². The van der Waals surface area contributed by atoms with Gasteiger partial charge in [0.05, 0.1) is 11.3 Å². The first-order valence-electron chi connectivity index (χ1n) is 5.93. The van der Waals surface area contributed by atoms with E-state index in [2.05, 4.69) is 15.5 Å². The van der Waals surface area contributed by atoms with Gasteiger partial charge in [-0.3, -0.25) is 4.79 Å². The number of aryl methyl sites for hydroxylation is 1. The van der Waals surface area contributed by atoms with Crippen LogP contribution in [0.4, 0.5) is 5.69 Å². The van der Waals surface area contributed by atoms with E-state index in [0.717, 1.165) is 5.69 Å². The number of nitrogens with one attached hydrogen (secondary N) is 1. The Kier molecular flexibility index (Phi) is 2.72. The van der Waals surface area contributed by atoms with Gasteiger partial charge in [0.1, 0.15) is 5.52 Å². The Hall–Kier alpha value is -2.69. The van der Waals surface area contributed by atoms with Crippen LogP contribution in [0.5, 0.6) is 0 Å². The molecule has 2 heterocycles. The molecule has 0 aliphatic carbocycles. The molecule has 1 amide bonds. The predicted molar refractivity (Wildman–Crippen MR) is 72.1 cm³/mol. The van der Waals surface area contributed by atoms with Gasteiger partial charge in [0, 0.05) is 11.9 Å². The molecule has 0 aliphatic rings. The quantitative estimate of drug-likeness (QED) is 0.761. The lowest BCUT2D eigenvalue weighted by Crippen LogP contribution is -2.12. The van der Waals surface area contributed by atoms with E-state index >= 15 is 0 Å². The number of carbonyl (C=O) groups is 1. The molecule has 0 bridgehead atoms. The van der Waals surface area contributed by atoms with Gasteiger partial charge in [-0.15, -0.1) is 0 Å². The van der Waals surface area contributed by atoms with Crippen molar-refractivity contribution in [2.45, 2.75) is 6.92 Å². The van der Waals surface area contributed by atoms with E-state index in [1.165, 1.54) is 4.63 Å². The predicted octanol–water partition coefficient (Wildman–Crippen LogP) is 2.29. The number of hydrogen-bond donors (Lipinski definition) is 1. The Labute approximate surface area is 109 Å². The SMILES string of the molecule is Cc1nn2ncccc2c1C(=O)Nc1ccccc1. The monoisotopic (exact) mass is 252 g/mol. The van der Waals surface area contributed by atoms with Crippen LogP contribution in [-0.4, -0.2) is 20.7 Å². The van der Waals surface area contributed by atoms with Gasteiger partial charge in [-0.1, -0.05) is 18.2 Å². The summed E-state index contributed by atoms with van der Waals surface area (Å²) in [6.07, 6.45) is 1.64. The van der Waals surface area contributed by atoms with Crippen molar-refractivity contribution >= 4 is 17.1 Å². The molecular weight excluding hydrogens is 240 g/mol. The summed E-state index contributed by atoms with van der Waals surface area (Å²) >= 11 is 0. The molecule has 2 aromatic heterocycles. The summed E-state index contributed by atoms with van der Waals surface area (Å²) in [6.45, 7) is 1.80. The van der Waals surface area contributed by atoms with Crippen LogP contribution in [0.25, 0.3) is 5.52 Å². The van der Waals surface area contributed by atoms with E-state index in [1.54, 1.807) is 19.2 Å². The number of para-hydroxylation sites is 1. The minimum atomic E-state index is -0.174. The Morgan fingerprint density at radius 2 is 1.95 bits per heavy atom. The molecule has 0 saturated carbocycles. The Morgan fingerprint density at radius 3 is 2.74 bits per heavy atom. The fourth-order valence-electron chi connectivity index (χ4n) is 2.00. The van der Waals surface area contributed by atoms with Crippen molar-refractivity contribution in [1.82, 2.24) is 14.8 Å². The first-order valence-corrected chi connectivity index (χ1v) is 5.93. The van der Waals surface area contributed by atoms with Gasteiger partial charge in [-0.2, -0.15) is 14.8 Å². The van der Waals surface area contributed by atoms with Gasteiger partial charge < -0.3 is 5.32 Å². The number of hydrogen-bond acceptors (Lipinski definition) is 3. The van der Waals surface area contributed by atoms with Crippen molar-refractivity contribution in [2.24, 2.45) is 0 Å². The van der Waals surface area contributed by atoms with Crippen molar-refractivity contribution < 1.29 is 4.79 Å². The third kappa shape index (κ3) is 2.06. The molecule has 0 saturated heterocycles. The molecule has 0 atom stereocenters. The molecule has 0 spiro atoms. The Bertz CT molecular complexity index is 734. The van der Waals surface area contributed by atoms with Crippen molar-refractivity contribution in [1.29, 1.82) is 0 Å². The molecule has 0 unspecified atom stereocenters. The molecule has 19 heavy (non-hydrogen) atoms. The average molecular weight is 252 g/mol. The molecule has 0 radical (unpaired) electrons. The zero-order valence-corrected chi connectivity index (χ0v) is 10.4. The highest BCUT2D eigenvalue weighted by Gasteiger charge is 2.17. The molecule has 3 aromatic rings. The summed E-state index contributed by atoms with van der Waals surface area (Å²) in [5.41, 5.74) is 2.67. The lowest BCUT2D eigenvalue weighted by atomic mass is 10.2. The van der Waals surface area contributed by atoms with Crippen molar-refractivity contribution in [3.8, 4) is 0 Å². The van der Waals surface area contributed by atoms with Crippen LogP contribution >= 0.6 is 0 Å². The van der Waals surface area contributed by atoms with Crippen molar-refractivity contribution in [3.63, 3.8) is 0 Å². The molecule has 5 nitrogen and oxygen atoms in total. The van der Waals surface area contributed by atoms with Gasteiger partial charge in [-0.05, 0) is 31.2 Å². The number of amides is 1. The second-order valence-corrected chi connectivity index (χ2v) is 4.18. The van der Waals surface area contributed by atoms with E-state index in [9.17, 15) is 4.79 Å². The average Bonchev–Trinajstić information content (AvgIpc) is 2.75. The summed E-state index contributed by atoms with van der Waals surface area (Å²) in [4.78, 5) is 12.3. The molecule has 3 rings (SSSR count). The molecular formula is C14H12N4O. The highest BCUT2D eigenvalue weighted by atomic mass is 16.1. The van der Waals surface area contributed by atoms with Gasteiger partial charge >= 0.3 is 0 Å². The highest BCUT2D eigenvalue weighted by Crippen LogP contribution is 2.16. The number of benzene rings is 1. The Morgan fingerprint density at radius 1 is 1.16 bits per heavy atom. The largest absolute Gasteiger partial charge is 0.322 e. The van der Waals surface area contributed by atoms with Gasteiger partial charge in [0.15, 0.2) is 0 Å². The number of rotatable bonds is 2. The smallest absolute Gasteiger partial charge is 0.259 e. The first-order chi connectivity index (χ1) is 9.25. The summed E-state index contributed by atoms with van der Waals surface area (Å²) < 4.78 is 1.47. The van der Waals surface area contributed by atoms with E-state index in [1.807, 2.05) is 36.4 Å². The standard InChI is InChI=1S/C14H12N4O/c1-10-13(12-8-5-9-15-18(12)17-10)14(19)16-11-6-3-2-4-7-11/h2-9H,1H3,(H,16,19). The lowest BCUT2D eigenvalue weighted by molar-refractivity contribution is 0.102. The highest BCUT2D eigenvalue weighted by molar-refractivity contribution is 6.09. The maximum Gasteiger partial charge on any atom is 0.259 e. The van der Waals surface area contributed by atoms with Crippen LogP contribution in [0.1, 0.15) is 16.1 Å². The third-order valence-electron chi connectivity index (χ3n) is 2.85. The molecule has 0 aliphatic heterocycles. The molecule has 5 heteroatoms. The normalized spacial score (nSPS) is 10.6. The number of carbonyl (C=O) groups excluding carboxylic acids is 1. The summed E-state index contributed by atoms with van der Waals surface area (Å²) in [6, 6.07) is 13.0. The third-order valence-corrected chi connectivity index (χ3v) is 2.85. The molecule has 94 valence electrons. The fourth-order valence-corrected chi connectivity index (χ4v) is 2.00. The fraction of sp³-hybridized carbons (Fsp3) is 0.0714. The van der Waals surface area contributed by atoms with Crippen LogP contribution < -0.4 is 5.32 Å². The van der Waals surface area contributed by atoms with Crippen LogP contribution in [0.15, 0.2) is 48.7 Å². The second kappa shape index (κ2) is 4.53. The second-order valence-electron chi connectivity index (χ2n) is 4.18. The first kappa shape index (κ1) is 11.4. The van der Waals surface area contributed by atoms with E-state index in [4.69, 9.17) is 0 Å². The number of aromatic nitrogens is 3. The van der Waals surface area contributed by atoms with E-state index < -0.39 is 0 Å². The minimum Gasteiger partial charge on any atom is -0.322 e. The van der Waals surface area contributed by atoms with Crippen molar-refractivity contribution in [3.05, 3.63) is 59.9 Å². The van der Waals surface area contributed by atoms with Crippen LogP contribution in [0.2, 0.25) is 0 Å². The zero-order chi connectivity index (χ0) is 13.2. The van der Waals surface area contributed by atoms with Gasteiger partial charge in [0.2, 0.25) is 0 Å². The maximum atomic E-state index is 12.3. The molecule has 1 aromatic carbocycles. The summed E-state index contributed by atoms with van der Waals surface area (Å²) in [5, 5.41) is 11.2. The van der Waals surface area contributed by atoms with Crippen LogP contribution in [0.3, 0.4) is 0 Å². The van der Waals surface area contributed by atoms with Crippen LogP contribution in [-0.2, 0) is 0 Å². The van der Waals surface area contributed by atoms with Crippen LogP contribution in [0, 0.1) is 6.92 Å². The van der Waals surface area contributed by atoms with Gasteiger partial charge in [0.25, 0.3) is 5.91 Å². The topological polar surface area (TPSA) is 59.3 Å².